The van der Waals surface area contributed by atoms with Crippen molar-refractivity contribution in [2.24, 2.45) is 0 Å². The first-order valence-electron chi connectivity index (χ1n) is 5.98. The molecule has 0 aliphatic rings. The Balaban J connectivity index is 2.43. The van der Waals surface area contributed by atoms with Crippen LogP contribution >= 0.6 is 0 Å². The topological polar surface area (TPSA) is 43.4 Å². The lowest BCUT2D eigenvalue weighted by Gasteiger charge is -2.12. The quantitative estimate of drug-likeness (QED) is 0.356. The number of carbonyl (C=O) groups is 2. The lowest BCUT2D eigenvalue weighted by Crippen LogP contribution is -2.17. The van der Waals surface area contributed by atoms with E-state index in [4.69, 9.17) is 4.74 Å². The average Bonchev–Trinajstić information content (AvgIpc) is 2.46. The van der Waals surface area contributed by atoms with E-state index in [1.54, 1.807) is 6.07 Å². The number of rotatable bonds is 5. The molecule has 0 aliphatic heterocycles. The highest BCUT2D eigenvalue weighted by Gasteiger charge is 2.22. The second-order valence-corrected chi connectivity index (χ2v) is 4.10. The molecule has 0 aromatic heterocycles. The van der Waals surface area contributed by atoms with Crippen molar-refractivity contribution in [3.05, 3.63) is 60.7 Å². The second-order valence-electron chi connectivity index (χ2n) is 4.10. The summed E-state index contributed by atoms with van der Waals surface area (Å²) in [5.41, 5.74) is 0.669. The molecule has 0 N–H and O–H groups in total. The number of hydrogen-bond donors (Lipinski definition) is 0. The van der Waals surface area contributed by atoms with Gasteiger partial charge in [-0.05, 0) is 16.3 Å². The number of ether oxygens (including phenoxy) is 1. The predicted molar refractivity (Wildman–Crippen MR) is 73.9 cm³/mol. The lowest BCUT2D eigenvalue weighted by molar-refractivity contribution is -0.145. The van der Waals surface area contributed by atoms with Crippen molar-refractivity contribution in [2.75, 3.05) is 6.61 Å². The molecule has 2 rings (SSSR count). The zero-order chi connectivity index (χ0) is 13.7. The number of fused-ring (bicyclic) bond motifs is 1. The molecule has 3 nitrogen and oxygen atoms in total. The summed E-state index contributed by atoms with van der Waals surface area (Å²) in [5, 5.41) is 1.88. The first kappa shape index (κ1) is 13.0. The molecule has 0 saturated heterocycles. The van der Waals surface area contributed by atoms with Gasteiger partial charge in [0.25, 0.3) is 0 Å². The largest absolute Gasteiger partial charge is 0.461 e. The summed E-state index contributed by atoms with van der Waals surface area (Å²) in [6, 6.07) is 13.2. The third-order valence-electron chi connectivity index (χ3n) is 2.89. The van der Waals surface area contributed by atoms with Crippen LogP contribution in [0.2, 0.25) is 0 Å². The third kappa shape index (κ3) is 2.71. The molecule has 0 saturated carbocycles. The maximum Gasteiger partial charge on any atom is 0.321 e. The summed E-state index contributed by atoms with van der Waals surface area (Å²) >= 11 is 0. The van der Waals surface area contributed by atoms with Crippen LogP contribution in [0.3, 0.4) is 0 Å². The molecule has 2 aromatic carbocycles. The molecular formula is C16H14O3. The van der Waals surface area contributed by atoms with E-state index < -0.39 is 11.9 Å². The molecule has 0 spiro atoms. The smallest absolute Gasteiger partial charge is 0.321 e. The van der Waals surface area contributed by atoms with Gasteiger partial charge in [-0.1, -0.05) is 55.1 Å². The van der Waals surface area contributed by atoms with Crippen molar-refractivity contribution >= 4 is 23.0 Å². The van der Waals surface area contributed by atoms with E-state index in [2.05, 4.69) is 6.58 Å². The monoisotopic (exact) mass is 254 g/mol. The molecule has 1 unspecified atom stereocenters. The minimum absolute atomic E-state index is 0.105. The van der Waals surface area contributed by atoms with Gasteiger partial charge in [0.1, 0.15) is 18.8 Å². The van der Waals surface area contributed by atoms with Gasteiger partial charge in [-0.2, -0.15) is 0 Å². The molecule has 1 atom stereocenters. The molecule has 96 valence electrons. The fourth-order valence-corrected chi connectivity index (χ4v) is 2.01. The highest BCUT2D eigenvalue weighted by Crippen LogP contribution is 2.25. The van der Waals surface area contributed by atoms with Gasteiger partial charge in [-0.3, -0.25) is 4.79 Å². The van der Waals surface area contributed by atoms with Crippen LogP contribution in [-0.4, -0.2) is 18.9 Å². The Morgan fingerprint density at radius 1 is 1.21 bits per heavy atom. The third-order valence-corrected chi connectivity index (χ3v) is 2.89. The molecule has 0 fully saturated rings. The highest BCUT2D eigenvalue weighted by atomic mass is 16.5. The minimum Gasteiger partial charge on any atom is -0.461 e. The van der Waals surface area contributed by atoms with Gasteiger partial charge < -0.3 is 9.53 Å². The van der Waals surface area contributed by atoms with Crippen molar-refractivity contribution in [2.45, 2.75) is 5.92 Å². The van der Waals surface area contributed by atoms with Crippen LogP contribution in [0, 0.1) is 0 Å². The van der Waals surface area contributed by atoms with E-state index in [1.165, 1.54) is 6.08 Å². The van der Waals surface area contributed by atoms with Crippen LogP contribution in [-0.2, 0) is 14.3 Å². The molecule has 0 aliphatic carbocycles. The van der Waals surface area contributed by atoms with E-state index in [0.29, 0.717) is 11.8 Å². The average molecular weight is 254 g/mol. The van der Waals surface area contributed by atoms with Crippen LogP contribution < -0.4 is 0 Å². The first-order valence-corrected chi connectivity index (χ1v) is 5.98. The molecular weight excluding hydrogens is 240 g/mol. The summed E-state index contributed by atoms with van der Waals surface area (Å²) in [7, 11) is 0. The molecule has 0 bridgehead atoms. The number of aldehydes is 1. The highest BCUT2D eigenvalue weighted by molar-refractivity contribution is 6.00. The fraction of sp³-hybridized carbons (Fsp3) is 0.125. The van der Waals surface area contributed by atoms with Crippen molar-refractivity contribution in [1.29, 1.82) is 0 Å². The summed E-state index contributed by atoms with van der Waals surface area (Å²) in [5.74, 6) is -1.45. The summed E-state index contributed by atoms with van der Waals surface area (Å²) in [4.78, 5) is 23.1. The zero-order valence-electron chi connectivity index (χ0n) is 10.4. The number of carbonyl (C=O) groups excluding carboxylic acids is 2. The fourth-order valence-electron chi connectivity index (χ4n) is 2.01. The Labute approximate surface area is 111 Å². The van der Waals surface area contributed by atoms with Crippen LogP contribution in [0.1, 0.15) is 11.5 Å². The SMILES string of the molecule is C=CCOC(=O)C(C=O)c1cccc2ccccc12. The van der Waals surface area contributed by atoms with Crippen LogP contribution in [0.25, 0.3) is 10.8 Å². The van der Waals surface area contributed by atoms with Crippen molar-refractivity contribution < 1.29 is 14.3 Å². The predicted octanol–water partition coefficient (Wildman–Crippen LogP) is 2.85. The number of benzene rings is 2. The van der Waals surface area contributed by atoms with E-state index in [-0.39, 0.29) is 6.61 Å². The Morgan fingerprint density at radius 3 is 2.68 bits per heavy atom. The van der Waals surface area contributed by atoms with Gasteiger partial charge in [0.15, 0.2) is 0 Å². The molecule has 3 heteroatoms. The van der Waals surface area contributed by atoms with Gasteiger partial charge in [-0.25, -0.2) is 0 Å². The Kier molecular flexibility index (Phi) is 4.08. The Bertz CT molecular complexity index is 611. The van der Waals surface area contributed by atoms with Gasteiger partial charge in [0.05, 0.1) is 0 Å². The number of hydrogen-bond acceptors (Lipinski definition) is 3. The maximum atomic E-state index is 11.9. The van der Waals surface area contributed by atoms with E-state index in [1.807, 2.05) is 36.4 Å². The molecule has 0 heterocycles. The standard InChI is InChI=1S/C16H14O3/c1-2-10-19-16(18)15(11-17)14-9-5-7-12-6-3-4-8-13(12)14/h2-9,11,15H,1,10H2. The second kappa shape index (κ2) is 5.96. The van der Waals surface area contributed by atoms with Crippen molar-refractivity contribution in [3.63, 3.8) is 0 Å². The van der Waals surface area contributed by atoms with Crippen molar-refractivity contribution in [3.8, 4) is 0 Å². The lowest BCUT2D eigenvalue weighted by atomic mass is 9.94. The van der Waals surface area contributed by atoms with Gasteiger partial charge >= 0.3 is 5.97 Å². The summed E-state index contributed by atoms with van der Waals surface area (Å²) < 4.78 is 4.96. The Hall–Kier alpha value is -2.42. The zero-order valence-corrected chi connectivity index (χ0v) is 10.4. The molecule has 2 aromatic rings. The van der Waals surface area contributed by atoms with Crippen LogP contribution in [0.5, 0.6) is 0 Å². The molecule has 0 amide bonds. The van der Waals surface area contributed by atoms with Gasteiger partial charge in [-0.15, -0.1) is 0 Å². The van der Waals surface area contributed by atoms with Crippen molar-refractivity contribution in [1.82, 2.24) is 0 Å². The number of esters is 1. The van der Waals surface area contributed by atoms with E-state index in [9.17, 15) is 9.59 Å². The summed E-state index contributed by atoms with van der Waals surface area (Å²) in [6.45, 7) is 3.58. The van der Waals surface area contributed by atoms with Gasteiger partial charge in [0.2, 0.25) is 0 Å². The summed E-state index contributed by atoms with van der Waals surface area (Å²) in [6.07, 6.45) is 2.09. The van der Waals surface area contributed by atoms with E-state index in [0.717, 1.165) is 10.8 Å². The van der Waals surface area contributed by atoms with Crippen LogP contribution in [0.4, 0.5) is 0 Å². The van der Waals surface area contributed by atoms with Crippen LogP contribution in [0.15, 0.2) is 55.1 Å². The maximum absolute atomic E-state index is 11.9. The van der Waals surface area contributed by atoms with Gasteiger partial charge in [0, 0.05) is 0 Å². The van der Waals surface area contributed by atoms with E-state index >= 15 is 0 Å². The molecule has 0 radical (unpaired) electrons. The minimum atomic E-state index is -0.897. The first-order chi connectivity index (χ1) is 9.27. The Morgan fingerprint density at radius 2 is 1.95 bits per heavy atom. The normalized spacial score (nSPS) is 11.8. The molecule has 19 heavy (non-hydrogen) atoms.